The third kappa shape index (κ3) is 6.46. The van der Waals surface area contributed by atoms with E-state index in [1.807, 2.05) is 27.7 Å². The zero-order valence-corrected chi connectivity index (χ0v) is 9.70. The second-order valence-electron chi connectivity index (χ2n) is 4.04. The number of nitrogens with zero attached hydrogens (tertiary/aromatic N) is 2. The molecule has 0 aliphatic rings. The highest BCUT2D eigenvalue weighted by Gasteiger charge is 2.18. The van der Waals surface area contributed by atoms with Gasteiger partial charge in [0, 0.05) is 19.8 Å². The summed E-state index contributed by atoms with van der Waals surface area (Å²) < 4.78 is 5.16. The van der Waals surface area contributed by atoms with Crippen molar-refractivity contribution >= 4 is 12.3 Å². The molecule has 0 saturated carbocycles. The number of rotatable bonds is 3. The molecule has 4 heteroatoms. The summed E-state index contributed by atoms with van der Waals surface area (Å²) in [7, 11) is 1.69. The molecule has 0 saturated heterocycles. The fourth-order valence-electron chi connectivity index (χ4n) is 0.724. The number of carbonyl (C=O) groups is 1. The molecule has 0 aliphatic carbocycles. The Morgan fingerprint density at radius 3 is 2.50 bits per heavy atom. The normalized spacial score (nSPS) is 11.8. The van der Waals surface area contributed by atoms with E-state index in [9.17, 15) is 4.79 Å². The minimum atomic E-state index is -0.437. The summed E-state index contributed by atoms with van der Waals surface area (Å²) >= 11 is 0. The second kappa shape index (κ2) is 5.62. The molecular formula is C10H20N2O2. The molecule has 0 fully saturated rings. The lowest BCUT2D eigenvalue weighted by atomic mass is 10.2. The zero-order chi connectivity index (χ0) is 11.2. The SMILES string of the molecule is CCN=CCN(C)C(=O)OC(C)(C)C. The summed E-state index contributed by atoms with van der Waals surface area (Å²) in [5.74, 6) is 0. The summed E-state index contributed by atoms with van der Waals surface area (Å²) in [5, 5.41) is 0. The van der Waals surface area contributed by atoms with Gasteiger partial charge in [0.05, 0.1) is 6.54 Å². The van der Waals surface area contributed by atoms with Gasteiger partial charge in [-0.05, 0) is 27.7 Å². The fraction of sp³-hybridized carbons (Fsp3) is 0.800. The molecule has 14 heavy (non-hydrogen) atoms. The lowest BCUT2D eigenvalue weighted by Crippen LogP contribution is -2.35. The van der Waals surface area contributed by atoms with Gasteiger partial charge in [-0.2, -0.15) is 0 Å². The number of aliphatic imine (C=N–C) groups is 1. The van der Waals surface area contributed by atoms with Crippen LogP contribution in [0.25, 0.3) is 0 Å². The standard InChI is InChI=1S/C10H20N2O2/c1-6-11-7-8-12(5)9(13)14-10(2,3)4/h7H,6,8H2,1-5H3. The molecule has 0 unspecified atom stereocenters. The quantitative estimate of drug-likeness (QED) is 0.653. The molecule has 0 rings (SSSR count). The van der Waals surface area contributed by atoms with E-state index in [4.69, 9.17) is 4.74 Å². The zero-order valence-electron chi connectivity index (χ0n) is 9.70. The highest BCUT2D eigenvalue weighted by molar-refractivity contribution is 5.72. The van der Waals surface area contributed by atoms with E-state index in [1.54, 1.807) is 13.3 Å². The lowest BCUT2D eigenvalue weighted by molar-refractivity contribution is 0.0325. The number of amides is 1. The summed E-state index contributed by atoms with van der Waals surface area (Å²) in [6.45, 7) is 8.71. The number of ether oxygens (including phenoxy) is 1. The van der Waals surface area contributed by atoms with Crippen LogP contribution in [0.4, 0.5) is 4.79 Å². The molecule has 0 aliphatic heterocycles. The number of hydrogen-bond acceptors (Lipinski definition) is 3. The Bertz CT molecular complexity index is 207. The van der Waals surface area contributed by atoms with Crippen LogP contribution in [-0.2, 0) is 4.74 Å². The van der Waals surface area contributed by atoms with Crippen molar-refractivity contribution < 1.29 is 9.53 Å². The Morgan fingerprint density at radius 2 is 2.07 bits per heavy atom. The molecule has 0 aromatic carbocycles. The van der Waals surface area contributed by atoms with Crippen molar-refractivity contribution in [1.29, 1.82) is 0 Å². The maximum atomic E-state index is 11.4. The molecule has 1 amide bonds. The lowest BCUT2D eigenvalue weighted by Gasteiger charge is -2.23. The van der Waals surface area contributed by atoms with Crippen LogP contribution < -0.4 is 0 Å². The predicted octanol–water partition coefficient (Wildman–Crippen LogP) is 1.94. The molecule has 0 heterocycles. The first kappa shape index (κ1) is 12.9. The monoisotopic (exact) mass is 200 g/mol. The van der Waals surface area contributed by atoms with Crippen molar-refractivity contribution in [3.05, 3.63) is 0 Å². The molecule has 0 atom stereocenters. The van der Waals surface area contributed by atoms with Gasteiger partial charge in [0.15, 0.2) is 0 Å². The van der Waals surface area contributed by atoms with Crippen LogP contribution in [0.1, 0.15) is 27.7 Å². The first-order chi connectivity index (χ1) is 6.37. The molecule has 0 radical (unpaired) electrons. The maximum absolute atomic E-state index is 11.4. The molecule has 0 spiro atoms. The van der Waals surface area contributed by atoms with Gasteiger partial charge in [-0.25, -0.2) is 4.79 Å². The van der Waals surface area contributed by atoms with Gasteiger partial charge in [0.2, 0.25) is 0 Å². The average Bonchev–Trinajstić information content (AvgIpc) is 2.01. The topological polar surface area (TPSA) is 41.9 Å². The Hall–Kier alpha value is -1.06. The first-order valence-electron chi connectivity index (χ1n) is 4.79. The van der Waals surface area contributed by atoms with Gasteiger partial charge in [-0.3, -0.25) is 4.99 Å². The smallest absolute Gasteiger partial charge is 0.410 e. The second-order valence-corrected chi connectivity index (χ2v) is 4.04. The van der Waals surface area contributed by atoms with Crippen molar-refractivity contribution in [2.45, 2.75) is 33.3 Å². The molecule has 0 N–H and O–H groups in total. The van der Waals surface area contributed by atoms with Crippen LogP contribution >= 0.6 is 0 Å². The van der Waals surface area contributed by atoms with Crippen molar-refractivity contribution in [2.75, 3.05) is 20.1 Å². The summed E-state index contributed by atoms with van der Waals surface area (Å²) in [5.41, 5.74) is -0.437. The van der Waals surface area contributed by atoms with Gasteiger partial charge < -0.3 is 9.64 Å². The average molecular weight is 200 g/mol. The van der Waals surface area contributed by atoms with E-state index < -0.39 is 5.60 Å². The van der Waals surface area contributed by atoms with Crippen LogP contribution in [0.3, 0.4) is 0 Å². The van der Waals surface area contributed by atoms with Crippen LogP contribution in [0.15, 0.2) is 4.99 Å². The van der Waals surface area contributed by atoms with Gasteiger partial charge >= 0.3 is 6.09 Å². The van der Waals surface area contributed by atoms with E-state index in [0.717, 1.165) is 6.54 Å². The van der Waals surface area contributed by atoms with Gasteiger partial charge in [-0.15, -0.1) is 0 Å². The van der Waals surface area contributed by atoms with E-state index >= 15 is 0 Å². The van der Waals surface area contributed by atoms with Crippen molar-refractivity contribution in [1.82, 2.24) is 4.90 Å². The number of hydrogen-bond donors (Lipinski definition) is 0. The van der Waals surface area contributed by atoms with E-state index in [0.29, 0.717) is 6.54 Å². The van der Waals surface area contributed by atoms with Gasteiger partial charge in [0.25, 0.3) is 0 Å². The van der Waals surface area contributed by atoms with Gasteiger partial charge in [-0.1, -0.05) is 0 Å². The summed E-state index contributed by atoms with van der Waals surface area (Å²) in [6, 6.07) is 0. The third-order valence-corrected chi connectivity index (χ3v) is 1.37. The summed E-state index contributed by atoms with van der Waals surface area (Å²) in [4.78, 5) is 16.9. The highest BCUT2D eigenvalue weighted by Crippen LogP contribution is 2.08. The minimum absolute atomic E-state index is 0.319. The van der Waals surface area contributed by atoms with Crippen LogP contribution in [0.5, 0.6) is 0 Å². The van der Waals surface area contributed by atoms with Gasteiger partial charge in [0.1, 0.15) is 5.60 Å². The van der Waals surface area contributed by atoms with Crippen LogP contribution in [0, 0.1) is 0 Å². The molecule has 0 aromatic rings. The van der Waals surface area contributed by atoms with E-state index in [-0.39, 0.29) is 6.09 Å². The Labute approximate surface area is 86.0 Å². The largest absolute Gasteiger partial charge is 0.444 e. The van der Waals surface area contributed by atoms with Crippen LogP contribution in [-0.4, -0.2) is 42.9 Å². The van der Waals surface area contributed by atoms with Crippen molar-refractivity contribution in [3.63, 3.8) is 0 Å². The number of carbonyl (C=O) groups excluding carboxylic acids is 1. The Balaban J connectivity index is 3.94. The molecular weight excluding hydrogens is 180 g/mol. The maximum Gasteiger partial charge on any atom is 0.410 e. The van der Waals surface area contributed by atoms with Crippen molar-refractivity contribution in [2.24, 2.45) is 4.99 Å². The molecule has 82 valence electrons. The summed E-state index contributed by atoms with van der Waals surface area (Å²) in [6.07, 6.45) is 1.39. The van der Waals surface area contributed by atoms with Crippen molar-refractivity contribution in [3.8, 4) is 0 Å². The molecule has 0 aromatic heterocycles. The molecule has 4 nitrogen and oxygen atoms in total. The first-order valence-corrected chi connectivity index (χ1v) is 4.79. The predicted molar refractivity (Wildman–Crippen MR) is 57.9 cm³/mol. The molecule has 0 bridgehead atoms. The highest BCUT2D eigenvalue weighted by atomic mass is 16.6. The Kier molecular flexibility index (Phi) is 5.20. The van der Waals surface area contributed by atoms with E-state index in [2.05, 4.69) is 4.99 Å². The van der Waals surface area contributed by atoms with E-state index in [1.165, 1.54) is 4.90 Å². The van der Waals surface area contributed by atoms with Crippen LogP contribution in [0.2, 0.25) is 0 Å². The minimum Gasteiger partial charge on any atom is -0.444 e. The Morgan fingerprint density at radius 1 is 1.50 bits per heavy atom. The fourth-order valence-corrected chi connectivity index (χ4v) is 0.724. The third-order valence-electron chi connectivity index (χ3n) is 1.37.